The van der Waals surface area contributed by atoms with Crippen LogP contribution in [0.1, 0.15) is 24.2 Å². The van der Waals surface area contributed by atoms with Crippen molar-refractivity contribution in [2.75, 3.05) is 7.05 Å². The van der Waals surface area contributed by atoms with Gasteiger partial charge in [-0.2, -0.15) is 0 Å². The van der Waals surface area contributed by atoms with Crippen LogP contribution in [0, 0.1) is 0 Å². The Morgan fingerprint density at radius 2 is 2.28 bits per heavy atom. The molecule has 0 bridgehead atoms. The highest BCUT2D eigenvalue weighted by atomic mass is 32.2. The third-order valence-corrected chi connectivity index (χ3v) is 3.86. The minimum Gasteiger partial charge on any atom is -0.313 e. The number of rotatable bonds is 5. The van der Waals surface area contributed by atoms with Gasteiger partial charge in [-0.3, -0.25) is 4.68 Å². The fourth-order valence-corrected chi connectivity index (χ4v) is 2.50. The van der Waals surface area contributed by atoms with Crippen LogP contribution >= 0.6 is 11.8 Å². The fourth-order valence-electron chi connectivity index (χ4n) is 1.66. The van der Waals surface area contributed by atoms with Crippen LogP contribution in [0.4, 0.5) is 0 Å². The molecule has 18 heavy (non-hydrogen) atoms. The molecule has 4 nitrogen and oxygen atoms in total. The number of thioether (sulfide) groups is 1. The molecule has 2 aromatic rings. The average Bonchev–Trinajstić information content (AvgIpc) is 2.81. The second-order valence-electron chi connectivity index (χ2n) is 4.26. The molecule has 0 amide bonds. The van der Waals surface area contributed by atoms with Crippen LogP contribution in [-0.2, 0) is 12.8 Å². The van der Waals surface area contributed by atoms with Crippen molar-refractivity contribution in [3.8, 4) is 0 Å². The summed E-state index contributed by atoms with van der Waals surface area (Å²) in [7, 11) is 3.86. The van der Waals surface area contributed by atoms with E-state index < -0.39 is 0 Å². The van der Waals surface area contributed by atoms with Crippen molar-refractivity contribution in [2.24, 2.45) is 7.05 Å². The lowest BCUT2D eigenvalue weighted by molar-refractivity contribution is 0.651. The number of nitrogens with one attached hydrogen (secondary N) is 1. The smallest absolute Gasteiger partial charge is 0.0929 e. The molecule has 0 saturated heterocycles. The lowest BCUT2D eigenvalue weighted by atomic mass is 10.1. The van der Waals surface area contributed by atoms with Gasteiger partial charge in [-0.15, -0.1) is 16.9 Å². The van der Waals surface area contributed by atoms with Crippen molar-refractivity contribution in [3.05, 3.63) is 41.7 Å². The first-order valence-corrected chi connectivity index (χ1v) is 6.93. The summed E-state index contributed by atoms with van der Waals surface area (Å²) in [6, 6.07) is 8.98. The van der Waals surface area contributed by atoms with Crippen LogP contribution in [0.25, 0.3) is 0 Å². The van der Waals surface area contributed by atoms with Crippen molar-refractivity contribution in [1.29, 1.82) is 0 Å². The number of hydrogen-bond acceptors (Lipinski definition) is 4. The van der Waals surface area contributed by atoms with Crippen LogP contribution in [0.5, 0.6) is 0 Å². The van der Waals surface area contributed by atoms with Crippen LogP contribution in [-0.4, -0.2) is 22.0 Å². The molecule has 1 heterocycles. The molecule has 0 radical (unpaired) electrons. The van der Waals surface area contributed by atoms with Crippen LogP contribution in [0.15, 0.2) is 35.4 Å². The minimum absolute atomic E-state index is 0.377. The molecular formula is C13H18N4S. The van der Waals surface area contributed by atoms with E-state index in [9.17, 15) is 0 Å². The van der Waals surface area contributed by atoms with Gasteiger partial charge in [0.2, 0.25) is 0 Å². The number of aryl methyl sites for hydroxylation is 1. The number of nitrogens with zero attached hydrogens (tertiary/aromatic N) is 3. The maximum Gasteiger partial charge on any atom is 0.0929 e. The third kappa shape index (κ3) is 3.34. The SMILES string of the molecule is CNC(C)c1cccc(SCc2cn(C)nn2)c1. The van der Waals surface area contributed by atoms with E-state index in [1.165, 1.54) is 10.5 Å². The summed E-state index contributed by atoms with van der Waals surface area (Å²) in [6.07, 6.45) is 1.95. The van der Waals surface area contributed by atoms with Crippen molar-refractivity contribution in [1.82, 2.24) is 20.3 Å². The Bertz CT molecular complexity index is 509. The van der Waals surface area contributed by atoms with Gasteiger partial charge in [-0.1, -0.05) is 17.3 Å². The summed E-state index contributed by atoms with van der Waals surface area (Å²) in [5, 5.41) is 11.3. The van der Waals surface area contributed by atoms with Crippen LogP contribution < -0.4 is 5.32 Å². The molecule has 1 aromatic heterocycles. The summed E-state index contributed by atoms with van der Waals surface area (Å²) in [5.41, 5.74) is 2.32. The molecule has 2 rings (SSSR count). The molecule has 1 unspecified atom stereocenters. The van der Waals surface area contributed by atoms with Gasteiger partial charge in [-0.25, -0.2) is 0 Å². The van der Waals surface area contributed by atoms with Gasteiger partial charge in [-0.05, 0) is 31.7 Å². The molecule has 1 aromatic carbocycles. The summed E-state index contributed by atoms with van der Waals surface area (Å²) < 4.78 is 1.73. The Balaban J connectivity index is 2.01. The first-order chi connectivity index (χ1) is 8.69. The number of aromatic nitrogens is 3. The molecule has 0 saturated carbocycles. The second kappa shape index (κ2) is 6.02. The van der Waals surface area contributed by atoms with Gasteiger partial charge in [0.05, 0.1) is 5.69 Å². The second-order valence-corrected chi connectivity index (χ2v) is 5.30. The minimum atomic E-state index is 0.377. The van der Waals surface area contributed by atoms with E-state index in [0.717, 1.165) is 11.4 Å². The average molecular weight is 262 g/mol. The van der Waals surface area contributed by atoms with Crippen LogP contribution in [0.3, 0.4) is 0 Å². The molecule has 1 N–H and O–H groups in total. The first-order valence-electron chi connectivity index (χ1n) is 5.94. The normalized spacial score (nSPS) is 12.6. The van der Waals surface area contributed by atoms with Gasteiger partial charge < -0.3 is 5.32 Å². The number of hydrogen-bond donors (Lipinski definition) is 1. The quantitative estimate of drug-likeness (QED) is 0.840. The molecule has 5 heteroatoms. The highest BCUT2D eigenvalue weighted by molar-refractivity contribution is 7.98. The zero-order valence-electron chi connectivity index (χ0n) is 10.9. The highest BCUT2D eigenvalue weighted by Crippen LogP contribution is 2.24. The van der Waals surface area contributed by atoms with Crippen molar-refractivity contribution in [3.63, 3.8) is 0 Å². The van der Waals surface area contributed by atoms with Gasteiger partial charge in [0.1, 0.15) is 0 Å². The first kappa shape index (κ1) is 13.1. The Labute approximate surface area is 112 Å². The van der Waals surface area contributed by atoms with E-state index in [0.29, 0.717) is 6.04 Å². The van der Waals surface area contributed by atoms with Gasteiger partial charge in [0.15, 0.2) is 0 Å². The van der Waals surface area contributed by atoms with Gasteiger partial charge in [0, 0.05) is 29.9 Å². The van der Waals surface area contributed by atoms with E-state index in [-0.39, 0.29) is 0 Å². The van der Waals surface area contributed by atoms with E-state index in [2.05, 4.69) is 46.8 Å². The highest BCUT2D eigenvalue weighted by Gasteiger charge is 2.04. The number of benzene rings is 1. The molecule has 1 atom stereocenters. The predicted octanol–water partition coefficient (Wildman–Crippen LogP) is 2.39. The largest absolute Gasteiger partial charge is 0.313 e. The molecule has 0 spiro atoms. The summed E-state index contributed by atoms with van der Waals surface area (Å²) in [6.45, 7) is 2.16. The maximum absolute atomic E-state index is 4.08. The molecule has 0 fully saturated rings. The Hall–Kier alpha value is -1.33. The third-order valence-electron chi connectivity index (χ3n) is 2.83. The molecule has 96 valence electrons. The lowest BCUT2D eigenvalue weighted by Crippen LogP contribution is -2.11. The van der Waals surface area contributed by atoms with E-state index in [1.807, 2.05) is 20.3 Å². The lowest BCUT2D eigenvalue weighted by Gasteiger charge is -2.11. The maximum atomic E-state index is 4.08. The standard InChI is InChI=1S/C13H18N4S/c1-10(14-2)11-5-4-6-13(7-11)18-9-12-8-17(3)16-15-12/h4-8,10,14H,9H2,1-3H3. The van der Waals surface area contributed by atoms with E-state index in [1.54, 1.807) is 16.4 Å². The van der Waals surface area contributed by atoms with Gasteiger partial charge in [0.25, 0.3) is 0 Å². The monoisotopic (exact) mass is 262 g/mol. The topological polar surface area (TPSA) is 42.7 Å². The van der Waals surface area contributed by atoms with Crippen molar-refractivity contribution in [2.45, 2.75) is 23.6 Å². The summed E-state index contributed by atoms with van der Waals surface area (Å²) in [5.74, 6) is 0.852. The Morgan fingerprint density at radius 1 is 1.44 bits per heavy atom. The Kier molecular flexibility index (Phi) is 4.38. The molecular weight excluding hydrogens is 244 g/mol. The van der Waals surface area contributed by atoms with Crippen LogP contribution in [0.2, 0.25) is 0 Å². The molecule has 0 aliphatic heterocycles. The Morgan fingerprint density at radius 3 is 2.94 bits per heavy atom. The summed E-state index contributed by atoms with van der Waals surface area (Å²) in [4.78, 5) is 1.26. The van der Waals surface area contributed by atoms with Gasteiger partial charge >= 0.3 is 0 Å². The molecule has 0 aliphatic carbocycles. The summed E-state index contributed by atoms with van der Waals surface area (Å²) >= 11 is 1.79. The fraction of sp³-hybridized carbons (Fsp3) is 0.385. The van der Waals surface area contributed by atoms with E-state index >= 15 is 0 Å². The predicted molar refractivity (Wildman–Crippen MR) is 74.5 cm³/mol. The zero-order chi connectivity index (χ0) is 13.0. The van der Waals surface area contributed by atoms with E-state index in [4.69, 9.17) is 0 Å². The molecule has 0 aliphatic rings. The van der Waals surface area contributed by atoms with Crippen molar-refractivity contribution < 1.29 is 0 Å². The zero-order valence-corrected chi connectivity index (χ0v) is 11.7. The van der Waals surface area contributed by atoms with Crippen molar-refractivity contribution >= 4 is 11.8 Å².